The Morgan fingerprint density at radius 1 is 1.29 bits per heavy atom. The van der Waals surface area contributed by atoms with Crippen molar-refractivity contribution in [1.29, 1.82) is 0 Å². The molecule has 1 aromatic carbocycles. The van der Waals surface area contributed by atoms with Crippen LogP contribution in [0.15, 0.2) is 18.2 Å². The summed E-state index contributed by atoms with van der Waals surface area (Å²) in [5.41, 5.74) is 0.355. The molecule has 2 unspecified atom stereocenters. The highest BCUT2D eigenvalue weighted by Crippen LogP contribution is 2.30. The first-order chi connectivity index (χ1) is 10.0. The van der Waals surface area contributed by atoms with Crippen LogP contribution in [0.25, 0.3) is 0 Å². The summed E-state index contributed by atoms with van der Waals surface area (Å²) in [4.78, 5) is 23.4. The molecular formula is C15H19NO5. The highest BCUT2D eigenvalue weighted by molar-refractivity contribution is 5.97. The Bertz CT molecular complexity index is 543. The molecule has 2 atom stereocenters. The van der Waals surface area contributed by atoms with Gasteiger partial charge in [-0.05, 0) is 24.1 Å². The highest BCUT2D eigenvalue weighted by atomic mass is 16.6. The summed E-state index contributed by atoms with van der Waals surface area (Å²) in [6.45, 7) is 4.59. The summed E-state index contributed by atoms with van der Waals surface area (Å²) in [5, 5.41) is 11.8. The first kappa shape index (κ1) is 15.2. The Balaban J connectivity index is 2.14. The lowest BCUT2D eigenvalue weighted by Gasteiger charge is -2.21. The Labute approximate surface area is 123 Å². The zero-order chi connectivity index (χ0) is 15.4. The van der Waals surface area contributed by atoms with Crippen molar-refractivity contribution in [1.82, 2.24) is 5.32 Å². The van der Waals surface area contributed by atoms with Crippen LogP contribution in [0, 0.1) is 5.92 Å². The van der Waals surface area contributed by atoms with E-state index in [9.17, 15) is 14.7 Å². The fraction of sp³-hybridized carbons (Fsp3) is 0.467. The molecule has 0 aromatic heterocycles. The van der Waals surface area contributed by atoms with E-state index in [4.69, 9.17) is 9.47 Å². The van der Waals surface area contributed by atoms with Crippen LogP contribution in [0.5, 0.6) is 11.5 Å². The molecule has 2 N–H and O–H groups in total. The number of benzene rings is 1. The lowest BCUT2D eigenvalue weighted by Crippen LogP contribution is -2.45. The van der Waals surface area contributed by atoms with Gasteiger partial charge in [0.1, 0.15) is 19.3 Å². The van der Waals surface area contributed by atoms with Gasteiger partial charge in [0.15, 0.2) is 11.5 Å². The molecule has 2 rings (SSSR count). The quantitative estimate of drug-likeness (QED) is 0.863. The van der Waals surface area contributed by atoms with E-state index in [0.29, 0.717) is 36.7 Å². The molecule has 6 nitrogen and oxygen atoms in total. The number of rotatable bonds is 5. The fourth-order valence-electron chi connectivity index (χ4n) is 2.09. The Morgan fingerprint density at radius 3 is 2.57 bits per heavy atom. The minimum absolute atomic E-state index is 0.149. The second-order valence-corrected chi connectivity index (χ2v) is 5.03. The van der Waals surface area contributed by atoms with Crippen molar-refractivity contribution in [2.75, 3.05) is 13.2 Å². The maximum absolute atomic E-state index is 12.2. The largest absolute Gasteiger partial charge is 0.486 e. The third kappa shape index (κ3) is 3.45. The van der Waals surface area contributed by atoms with E-state index < -0.39 is 17.9 Å². The van der Waals surface area contributed by atoms with Gasteiger partial charge in [0.2, 0.25) is 0 Å². The van der Waals surface area contributed by atoms with Gasteiger partial charge in [0, 0.05) is 5.56 Å². The maximum atomic E-state index is 12.2. The van der Waals surface area contributed by atoms with Crippen molar-refractivity contribution < 1.29 is 24.2 Å². The smallest absolute Gasteiger partial charge is 0.326 e. The molecule has 1 aromatic rings. The van der Waals surface area contributed by atoms with E-state index in [1.54, 1.807) is 25.1 Å². The first-order valence-electron chi connectivity index (χ1n) is 6.96. The SMILES string of the molecule is CCC(C)C(NC(=O)c1ccc2c(c1)OCCO2)C(=O)O. The van der Waals surface area contributed by atoms with Gasteiger partial charge in [-0.2, -0.15) is 0 Å². The van der Waals surface area contributed by atoms with Crippen LogP contribution in [-0.4, -0.2) is 36.2 Å². The molecule has 1 amide bonds. The van der Waals surface area contributed by atoms with Crippen LogP contribution in [0.2, 0.25) is 0 Å². The minimum Gasteiger partial charge on any atom is -0.486 e. The molecule has 0 radical (unpaired) electrons. The Hall–Kier alpha value is -2.24. The molecule has 0 fully saturated rings. The number of carbonyl (C=O) groups is 2. The van der Waals surface area contributed by atoms with Crippen LogP contribution in [-0.2, 0) is 4.79 Å². The van der Waals surface area contributed by atoms with Crippen molar-refractivity contribution in [2.24, 2.45) is 5.92 Å². The summed E-state index contributed by atoms with van der Waals surface area (Å²) in [7, 11) is 0. The summed E-state index contributed by atoms with van der Waals surface area (Å²) in [6.07, 6.45) is 0.665. The van der Waals surface area contributed by atoms with E-state index >= 15 is 0 Å². The lowest BCUT2D eigenvalue weighted by molar-refractivity contribution is -0.140. The third-order valence-electron chi connectivity index (χ3n) is 3.57. The van der Waals surface area contributed by atoms with Crippen LogP contribution in [0.3, 0.4) is 0 Å². The fourth-order valence-corrected chi connectivity index (χ4v) is 2.09. The zero-order valence-corrected chi connectivity index (χ0v) is 12.1. The van der Waals surface area contributed by atoms with Crippen LogP contribution in [0.4, 0.5) is 0 Å². The molecule has 0 saturated heterocycles. The van der Waals surface area contributed by atoms with Crippen LogP contribution in [0.1, 0.15) is 30.6 Å². The van der Waals surface area contributed by atoms with Crippen LogP contribution < -0.4 is 14.8 Å². The minimum atomic E-state index is -1.03. The predicted molar refractivity (Wildman–Crippen MR) is 75.8 cm³/mol. The molecule has 0 spiro atoms. The highest BCUT2D eigenvalue weighted by Gasteiger charge is 2.26. The van der Waals surface area contributed by atoms with E-state index in [-0.39, 0.29) is 5.92 Å². The number of amides is 1. The molecule has 1 heterocycles. The summed E-state index contributed by atoms with van der Waals surface area (Å²) in [5.74, 6) is -0.516. The lowest BCUT2D eigenvalue weighted by atomic mass is 9.99. The molecule has 21 heavy (non-hydrogen) atoms. The standard InChI is InChI=1S/C15H19NO5/c1-3-9(2)13(15(18)19)16-14(17)10-4-5-11-12(8-10)21-7-6-20-11/h4-5,8-9,13H,3,6-7H2,1-2H3,(H,16,17)(H,18,19). The Kier molecular flexibility index (Phi) is 4.67. The van der Waals surface area contributed by atoms with E-state index in [1.165, 1.54) is 0 Å². The van der Waals surface area contributed by atoms with Crippen molar-refractivity contribution in [3.63, 3.8) is 0 Å². The van der Waals surface area contributed by atoms with Gasteiger partial charge in [-0.25, -0.2) is 4.79 Å². The topological polar surface area (TPSA) is 84.9 Å². The molecular weight excluding hydrogens is 274 g/mol. The monoisotopic (exact) mass is 293 g/mol. The van der Waals surface area contributed by atoms with Gasteiger partial charge >= 0.3 is 5.97 Å². The van der Waals surface area contributed by atoms with Gasteiger partial charge in [-0.1, -0.05) is 20.3 Å². The molecule has 1 aliphatic heterocycles. The van der Waals surface area contributed by atoms with Gasteiger partial charge < -0.3 is 19.9 Å². The number of carboxylic acids is 1. The maximum Gasteiger partial charge on any atom is 0.326 e. The van der Waals surface area contributed by atoms with E-state index in [2.05, 4.69) is 5.32 Å². The van der Waals surface area contributed by atoms with E-state index in [1.807, 2.05) is 6.92 Å². The number of aliphatic carboxylic acids is 1. The number of carbonyl (C=O) groups excluding carboxylic acids is 1. The van der Waals surface area contributed by atoms with Crippen molar-refractivity contribution >= 4 is 11.9 Å². The second kappa shape index (κ2) is 6.47. The molecule has 6 heteroatoms. The summed E-state index contributed by atoms with van der Waals surface area (Å²) in [6, 6.07) is 3.91. The van der Waals surface area contributed by atoms with Crippen molar-refractivity contribution in [2.45, 2.75) is 26.3 Å². The molecule has 114 valence electrons. The van der Waals surface area contributed by atoms with Gasteiger partial charge in [0.25, 0.3) is 5.91 Å². The van der Waals surface area contributed by atoms with Gasteiger partial charge in [-0.15, -0.1) is 0 Å². The number of ether oxygens (including phenoxy) is 2. The average molecular weight is 293 g/mol. The van der Waals surface area contributed by atoms with Crippen LogP contribution >= 0.6 is 0 Å². The molecule has 0 bridgehead atoms. The predicted octanol–water partition coefficient (Wildman–Crippen LogP) is 1.69. The van der Waals surface area contributed by atoms with Gasteiger partial charge in [0.05, 0.1) is 0 Å². The second-order valence-electron chi connectivity index (χ2n) is 5.03. The molecule has 1 aliphatic rings. The average Bonchev–Trinajstić information content (AvgIpc) is 2.50. The van der Waals surface area contributed by atoms with Crippen molar-refractivity contribution in [3.05, 3.63) is 23.8 Å². The Morgan fingerprint density at radius 2 is 1.95 bits per heavy atom. The third-order valence-corrected chi connectivity index (χ3v) is 3.57. The number of carboxylic acid groups (broad SMARTS) is 1. The zero-order valence-electron chi connectivity index (χ0n) is 12.1. The van der Waals surface area contributed by atoms with Crippen molar-refractivity contribution in [3.8, 4) is 11.5 Å². The van der Waals surface area contributed by atoms with Gasteiger partial charge in [-0.3, -0.25) is 4.79 Å². The number of fused-ring (bicyclic) bond motifs is 1. The van der Waals surface area contributed by atoms with E-state index in [0.717, 1.165) is 0 Å². The summed E-state index contributed by atoms with van der Waals surface area (Å²) < 4.78 is 10.8. The normalized spacial score (nSPS) is 15.9. The first-order valence-corrected chi connectivity index (χ1v) is 6.96. The number of nitrogens with one attached hydrogen (secondary N) is 1. The number of hydrogen-bond donors (Lipinski definition) is 2. The number of hydrogen-bond acceptors (Lipinski definition) is 4. The molecule has 0 aliphatic carbocycles. The summed E-state index contributed by atoms with van der Waals surface area (Å²) >= 11 is 0. The molecule has 0 saturated carbocycles.